The zero-order valence-electron chi connectivity index (χ0n) is 19.3. The Morgan fingerprint density at radius 2 is 1.85 bits per heavy atom. The fraction of sp³-hybridized carbons (Fsp3) is 0.571. The van der Waals surface area contributed by atoms with Gasteiger partial charge < -0.3 is 14.7 Å². The average molecular weight is 502 g/mol. The summed E-state index contributed by atoms with van der Waals surface area (Å²) in [4.78, 5) is 17.4. The van der Waals surface area contributed by atoms with Crippen LogP contribution in [0.4, 0.5) is 13.6 Å². The third kappa shape index (κ3) is 6.48. The van der Waals surface area contributed by atoms with Crippen LogP contribution in [0.15, 0.2) is 30.9 Å². The molecule has 1 amide bonds. The minimum absolute atomic E-state index is 0.0635. The molecule has 1 aromatic carbocycles. The van der Waals surface area contributed by atoms with Gasteiger partial charge in [0.15, 0.2) is 0 Å². The number of carbonyl (C=O) groups excluding carboxylic acids is 1. The highest BCUT2D eigenvalue weighted by Crippen LogP contribution is 2.31. The van der Waals surface area contributed by atoms with E-state index in [9.17, 15) is 27.1 Å². The van der Waals surface area contributed by atoms with Crippen LogP contribution in [0, 0.1) is 11.6 Å². The number of piperazine rings is 1. The van der Waals surface area contributed by atoms with Crippen LogP contribution in [0.2, 0.25) is 0 Å². The Labute approximate surface area is 197 Å². The monoisotopic (exact) mass is 501 g/mol. The van der Waals surface area contributed by atoms with Crippen LogP contribution in [-0.4, -0.2) is 81.1 Å². The maximum atomic E-state index is 14.5. The van der Waals surface area contributed by atoms with Gasteiger partial charge in [0.2, 0.25) is 10.0 Å². The van der Waals surface area contributed by atoms with Gasteiger partial charge in [-0.1, -0.05) is 6.07 Å². The van der Waals surface area contributed by atoms with Crippen molar-refractivity contribution in [3.63, 3.8) is 0 Å². The van der Waals surface area contributed by atoms with Gasteiger partial charge in [0.05, 0.1) is 12.3 Å². The maximum absolute atomic E-state index is 14.5. The summed E-state index contributed by atoms with van der Waals surface area (Å²) in [7, 11) is -3.86. The second-order valence-corrected chi connectivity index (χ2v) is 11.3. The minimum Gasteiger partial charge on any atom is -0.444 e. The first kappa shape index (κ1) is 26.0. The second-order valence-electron chi connectivity index (χ2n) is 9.18. The minimum atomic E-state index is -3.86. The van der Waals surface area contributed by atoms with E-state index in [1.54, 1.807) is 20.8 Å². The number of aromatic nitrogens is 3. The number of amides is 1. The van der Waals surface area contributed by atoms with Crippen LogP contribution in [0.25, 0.3) is 0 Å². The molecule has 13 heteroatoms. The average Bonchev–Trinajstić information content (AvgIpc) is 3.24. The fourth-order valence-corrected chi connectivity index (χ4v) is 5.22. The molecule has 0 aliphatic carbocycles. The van der Waals surface area contributed by atoms with E-state index in [4.69, 9.17) is 4.74 Å². The summed E-state index contributed by atoms with van der Waals surface area (Å²) in [5, 5.41) is 15.2. The van der Waals surface area contributed by atoms with E-state index in [1.165, 1.54) is 26.5 Å². The fourth-order valence-electron chi connectivity index (χ4n) is 3.65. The Bertz CT molecular complexity index is 1100. The summed E-state index contributed by atoms with van der Waals surface area (Å²) in [6, 6.07) is 2.72. The first-order valence-electron chi connectivity index (χ1n) is 10.8. The summed E-state index contributed by atoms with van der Waals surface area (Å²) in [6.45, 7) is 5.40. The van der Waals surface area contributed by atoms with Gasteiger partial charge in [-0.25, -0.2) is 31.7 Å². The lowest BCUT2D eigenvalue weighted by atomic mass is 9.90. The Morgan fingerprint density at radius 3 is 2.41 bits per heavy atom. The first-order valence-corrected chi connectivity index (χ1v) is 12.4. The van der Waals surface area contributed by atoms with Gasteiger partial charge in [-0.2, -0.15) is 9.40 Å². The van der Waals surface area contributed by atoms with E-state index in [-0.39, 0.29) is 44.7 Å². The molecule has 1 atom stereocenters. The van der Waals surface area contributed by atoms with E-state index < -0.39 is 44.7 Å². The molecule has 1 aliphatic heterocycles. The lowest BCUT2D eigenvalue weighted by Crippen LogP contribution is -2.52. The van der Waals surface area contributed by atoms with Crippen LogP contribution >= 0.6 is 0 Å². The molecule has 2 aromatic rings. The van der Waals surface area contributed by atoms with Gasteiger partial charge in [0.25, 0.3) is 0 Å². The molecule has 0 bridgehead atoms. The number of ether oxygens (including phenoxy) is 1. The molecular weight excluding hydrogens is 472 g/mol. The molecule has 1 N–H and O–H groups in total. The van der Waals surface area contributed by atoms with Crippen molar-refractivity contribution in [2.75, 3.05) is 31.9 Å². The number of hydrogen-bond acceptors (Lipinski definition) is 7. The largest absolute Gasteiger partial charge is 0.444 e. The SMILES string of the molecule is CC(C)(C)OC(=O)N1CCN(S(=O)(=O)CC[C@](O)(Cn2cncn2)c2ccc(F)cc2F)CC1. The highest BCUT2D eigenvalue weighted by Gasteiger charge is 2.37. The van der Waals surface area contributed by atoms with Gasteiger partial charge >= 0.3 is 6.09 Å². The highest BCUT2D eigenvalue weighted by molar-refractivity contribution is 7.89. The van der Waals surface area contributed by atoms with Crippen molar-refractivity contribution in [1.82, 2.24) is 24.0 Å². The molecule has 2 heterocycles. The molecule has 34 heavy (non-hydrogen) atoms. The number of benzene rings is 1. The molecule has 10 nitrogen and oxygen atoms in total. The summed E-state index contributed by atoms with van der Waals surface area (Å²) >= 11 is 0. The molecule has 3 rings (SSSR count). The number of hydrogen-bond donors (Lipinski definition) is 1. The van der Waals surface area contributed by atoms with Crippen molar-refractivity contribution >= 4 is 16.1 Å². The zero-order valence-corrected chi connectivity index (χ0v) is 20.1. The third-order valence-electron chi connectivity index (χ3n) is 5.38. The lowest BCUT2D eigenvalue weighted by Gasteiger charge is -2.35. The van der Waals surface area contributed by atoms with Gasteiger partial charge in [0.1, 0.15) is 35.5 Å². The molecule has 0 saturated carbocycles. The van der Waals surface area contributed by atoms with E-state index in [0.717, 1.165) is 12.1 Å². The molecule has 0 radical (unpaired) electrons. The van der Waals surface area contributed by atoms with Crippen molar-refractivity contribution in [3.8, 4) is 0 Å². The molecule has 188 valence electrons. The topological polar surface area (TPSA) is 118 Å². The predicted molar refractivity (Wildman–Crippen MR) is 118 cm³/mol. The molecule has 1 saturated heterocycles. The van der Waals surface area contributed by atoms with Crippen LogP contribution in [-0.2, 0) is 26.9 Å². The normalized spacial score (nSPS) is 17.4. The van der Waals surface area contributed by atoms with E-state index in [0.29, 0.717) is 6.07 Å². The summed E-state index contributed by atoms with van der Waals surface area (Å²) in [6.07, 6.45) is 1.64. The quantitative estimate of drug-likeness (QED) is 0.614. The number of aliphatic hydroxyl groups is 1. The molecular formula is C21H29F2N5O5S. The summed E-state index contributed by atoms with van der Waals surface area (Å²) in [5.41, 5.74) is -2.89. The highest BCUT2D eigenvalue weighted by atomic mass is 32.2. The van der Waals surface area contributed by atoms with Gasteiger partial charge in [-0.05, 0) is 33.3 Å². The van der Waals surface area contributed by atoms with Gasteiger partial charge in [-0.3, -0.25) is 0 Å². The summed E-state index contributed by atoms with van der Waals surface area (Å²) < 4.78 is 61.7. The van der Waals surface area contributed by atoms with Crippen LogP contribution in [0.3, 0.4) is 0 Å². The van der Waals surface area contributed by atoms with Crippen LogP contribution in [0.5, 0.6) is 0 Å². The Balaban J connectivity index is 1.70. The standard InChI is InChI=1S/C21H29F2N5O5S/c1-20(2,3)33-19(29)26-7-9-28(10-8-26)34(31,32)11-6-21(30,13-27-15-24-14-25-27)17-5-4-16(22)12-18(17)23/h4-5,12,14-15,30H,6-11,13H2,1-3H3/t21-/m0/s1. The number of sulfonamides is 1. The molecule has 1 aliphatic rings. The number of carbonyl (C=O) groups is 1. The van der Waals surface area contributed by atoms with E-state index >= 15 is 0 Å². The van der Waals surface area contributed by atoms with Crippen molar-refractivity contribution in [1.29, 1.82) is 0 Å². The maximum Gasteiger partial charge on any atom is 0.410 e. The number of nitrogens with zero attached hydrogens (tertiary/aromatic N) is 5. The molecule has 1 aromatic heterocycles. The molecule has 0 unspecified atom stereocenters. The van der Waals surface area contributed by atoms with E-state index in [1.807, 2.05) is 0 Å². The zero-order chi connectivity index (χ0) is 25.1. The molecule has 0 spiro atoms. The Hall–Kier alpha value is -2.64. The van der Waals surface area contributed by atoms with Crippen molar-refractivity contribution < 1.29 is 31.8 Å². The first-order chi connectivity index (χ1) is 15.8. The van der Waals surface area contributed by atoms with Crippen LogP contribution < -0.4 is 0 Å². The predicted octanol–water partition coefficient (Wildman–Crippen LogP) is 1.72. The molecule has 1 fully saturated rings. The van der Waals surface area contributed by atoms with E-state index in [2.05, 4.69) is 10.1 Å². The smallest absolute Gasteiger partial charge is 0.410 e. The Morgan fingerprint density at radius 1 is 1.18 bits per heavy atom. The third-order valence-corrected chi connectivity index (χ3v) is 7.25. The second kappa shape index (κ2) is 9.92. The number of rotatable bonds is 7. The van der Waals surface area contributed by atoms with Crippen LogP contribution in [0.1, 0.15) is 32.8 Å². The van der Waals surface area contributed by atoms with Crippen molar-refractivity contribution in [2.45, 2.75) is 44.9 Å². The van der Waals surface area contributed by atoms with Crippen molar-refractivity contribution in [3.05, 3.63) is 48.1 Å². The van der Waals surface area contributed by atoms with Gasteiger partial charge in [-0.15, -0.1) is 0 Å². The Kier molecular flexibility index (Phi) is 7.58. The summed E-state index contributed by atoms with van der Waals surface area (Å²) in [5.74, 6) is -2.31. The number of halogens is 2. The van der Waals surface area contributed by atoms with Crippen molar-refractivity contribution in [2.24, 2.45) is 0 Å². The lowest BCUT2D eigenvalue weighted by molar-refractivity contribution is 0.00793. The van der Waals surface area contributed by atoms with Gasteiger partial charge in [0, 0.05) is 37.8 Å².